The molecule has 0 aromatic carbocycles. The van der Waals surface area contributed by atoms with Crippen LogP contribution < -0.4 is 0 Å². The van der Waals surface area contributed by atoms with Gasteiger partial charge in [-0.1, -0.05) is 6.07 Å². The Balaban J connectivity index is 1.95. The molecule has 0 radical (unpaired) electrons. The SMILES string of the molecule is Cc1cccc2nc(C(=O)N3CCCC[C@H]3C(=O)O)cn12. The van der Waals surface area contributed by atoms with Crippen molar-refractivity contribution in [2.24, 2.45) is 0 Å². The van der Waals surface area contributed by atoms with Crippen LogP contribution in [0.25, 0.3) is 5.65 Å². The number of aryl methyl sites for hydroxylation is 1. The van der Waals surface area contributed by atoms with Gasteiger partial charge in [0.2, 0.25) is 0 Å². The van der Waals surface area contributed by atoms with Crippen LogP contribution in [0.1, 0.15) is 35.4 Å². The van der Waals surface area contributed by atoms with Crippen LogP contribution in [0.15, 0.2) is 24.4 Å². The molecule has 6 heteroatoms. The van der Waals surface area contributed by atoms with Gasteiger partial charge in [-0.2, -0.15) is 0 Å². The van der Waals surface area contributed by atoms with E-state index in [-0.39, 0.29) is 5.91 Å². The average molecular weight is 287 g/mol. The normalized spacial score (nSPS) is 18.9. The van der Waals surface area contributed by atoms with Crippen molar-refractivity contribution in [1.82, 2.24) is 14.3 Å². The van der Waals surface area contributed by atoms with Gasteiger partial charge < -0.3 is 14.4 Å². The Labute approximate surface area is 122 Å². The number of likely N-dealkylation sites (tertiary alicyclic amines) is 1. The minimum absolute atomic E-state index is 0.301. The lowest BCUT2D eigenvalue weighted by Crippen LogP contribution is -2.48. The number of fused-ring (bicyclic) bond motifs is 1. The van der Waals surface area contributed by atoms with Crippen molar-refractivity contribution in [3.05, 3.63) is 35.8 Å². The molecule has 21 heavy (non-hydrogen) atoms. The number of rotatable bonds is 2. The van der Waals surface area contributed by atoms with Crippen LogP contribution in [0.4, 0.5) is 0 Å². The number of carbonyl (C=O) groups excluding carboxylic acids is 1. The lowest BCUT2D eigenvalue weighted by atomic mass is 10.0. The summed E-state index contributed by atoms with van der Waals surface area (Å²) in [5.74, 6) is -1.24. The quantitative estimate of drug-likeness (QED) is 0.912. The number of amides is 1. The Bertz CT molecular complexity index is 707. The first-order valence-corrected chi connectivity index (χ1v) is 7.06. The van der Waals surface area contributed by atoms with Gasteiger partial charge in [0.15, 0.2) is 0 Å². The first-order chi connectivity index (χ1) is 10.1. The molecule has 1 atom stereocenters. The number of hydrogen-bond acceptors (Lipinski definition) is 3. The fraction of sp³-hybridized carbons (Fsp3) is 0.400. The number of aromatic nitrogens is 2. The molecule has 6 nitrogen and oxygen atoms in total. The molecule has 110 valence electrons. The molecular weight excluding hydrogens is 270 g/mol. The van der Waals surface area contributed by atoms with E-state index in [0.29, 0.717) is 24.3 Å². The standard InChI is InChI=1S/C15H17N3O3/c1-10-5-4-7-13-16-11(9-18(10)13)14(19)17-8-3-2-6-12(17)15(20)21/h4-5,7,9,12H,2-3,6,8H2,1H3,(H,20,21)/t12-/m0/s1. The van der Waals surface area contributed by atoms with Crippen LogP contribution in [0.2, 0.25) is 0 Å². The van der Waals surface area contributed by atoms with E-state index in [1.807, 2.05) is 29.5 Å². The summed E-state index contributed by atoms with van der Waals surface area (Å²) in [5, 5.41) is 9.27. The van der Waals surface area contributed by atoms with Gasteiger partial charge in [-0.05, 0) is 38.3 Å². The van der Waals surface area contributed by atoms with Crippen molar-refractivity contribution < 1.29 is 14.7 Å². The molecule has 3 heterocycles. The second-order valence-electron chi connectivity index (χ2n) is 5.37. The number of carbonyl (C=O) groups is 2. The van der Waals surface area contributed by atoms with Crippen molar-refractivity contribution in [3.63, 3.8) is 0 Å². The van der Waals surface area contributed by atoms with Crippen molar-refractivity contribution in [3.8, 4) is 0 Å². The van der Waals surface area contributed by atoms with E-state index >= 15 is 0 Å². The van der Waals surface area contributed by atoms with Crippen molar-refractivity contribution >= 4 is 17.5 Å². The molecule has 1 aliphatic heterocycles. The highest BCUT2D eigenvalue weighted by Crippen LogP contribution is 2.20. The van der Waals surface area contributed by atoms with Crippen molar-refractivity contribution in [2.75, 3.05) is 6.54 Å². The number of nitrogens with zero attached hydrogens (tertiary/aromatic N) is 3. The smallest absolute Gasteiger partial charge is 0.326 e. The molecular formula is C15H17N3O3. The number of aliphatic carboxylic acids is 1. The molecule has 1 amide bonds. The minimum atomic E-state index is -0.942. The molecule has 0 spiro atoms. The first-order valence-electron chi connectivity index (χ1n) is 7.06. The molecule has 1 N–H and O–H groups in total. The summed E-state index contributed by atoms with van der Waals surface area (Å²) in [6.07, 6.45) is 3.86. The minimum Gasteiger partial charge on any atom is -0.480 e. The molecule has 1 saturated heterocycles. The average Bonchev–Trinajstić information content (AvgIpc) is 2.92. The van der Waals surface area contributed by atoms with E-state index in [1.54, 1.807) is 6.20 Å². The zero-order chi connectivity index (χ0) is 15.0. The van der Waals surface area contributed by atoms with Gasteiger partial charge >= 0.3 is 5.97 Å². The van der Waals surface area contributed by atoms with Gasteiger partial charge in [0.05, 0.1) is 0 Å². The summed E-state index contributed by atoms with van der Waals surface area (Å²) in [6.45, 7) is 2.41. The first kappa shape index (κ1) is 13.6. The van der Waals surface area contributed by atoms with Crippen molar-refractivity contribution in [1.29, 1.82) is 0 Å². The van der Waals surface area contributed by atoms with Crippen LogP contribution in [0, 0.1) is 6.92 Å². The van der Waals surface area contributed by atoms with Crippen LogP contribution in [-0.2, 0) is 4.79 Å². The second kappa shape index (κ2) is 5.20. The van der Waals surface area contributed by atoms with Gasteiger partial charge in [-0.25, -0.2) is 9.78 Å². The summed E-state index contributed by atoms with van der Waals surface area (Å²) < 4.78 is 1.84. The van der Waals surface area contributed by atoms with Crippen LogP contribution in [-0.4, -0.2) is 43.9 Å². The number of pyridine rings is 1. The third-order valence-electron chi connectivity index (χ3n) is 3.96. The Kier molecular flexibility index (Phi) is 3.37. The predicted molar refractivity (Wildman–Crippen MR) is 76.2 cm³/mol. The molecule has 3 rings (SSSR count). The Morgan fingerprint density at radius 3 is 2.86 bits per heavy atom. The van der Waals surface area contributed by atoms with E-state index in [4.69, 9.17) is 0 Å². The lowest BCUT2D eigenvalue weighted by molar-refractivity contribution is -0.143. The Morgan fingerprint density at radius 1 is 1.33 bits per heavy atom. The van der Waals surface area contributed by atoms with Gasteiger partial charge in [-0.15, -0.1) is 0 Å². The van der Waals surface area contributed by atoms with E-state index in [1.165, 1.54) is 4.90 Å². The fourth-order valence-electron chi connectivity index (χ4n) is 2.83. The summed E-state index contributed by atoms with van der Waals surface area (Å²) >= 11 is 0. The van der Waals surface area contributed by atoms with Crippen molar-refractivity contribution in [2.45, 2.75) is 32.2 Å². The monoisotopic (exact) mass is 287 g/mol. The summed E-state index contributed by atoms with van der Waals surface area (Å²) in [6, 6.07) is 4.91. The van der Waals surface area contributed by atoms with E-state index in [2.05, 4.69) is 4.98 Å². The third-order valence-corrected chi connectivity index (χ3v) is 3.96. The molecule has 2 aromatic heterocycles. The fourth-order valence-corrected chi connectivity index (χ4v) is 2.83. The summed E-state index contributed by atoms with van der Waals surface area (Å²) in [4.78, 5) is 29.6. The second-order valence-corrected chi connectivity index (χ2v) is 5.37. The third kappa shape index (κ3) is 2.37. The van der Waals surface area contributed by atoms with Crippen LogP contribution in [0.5, 0.6) is 0 Å². The largest absolute Gasteiger partial charge is 0.480 e. The highest BCUT2D eigenvalue weighted by Gasteiger charge is 2.33. The molecule has 2 aromatic rings. The Morgan fingerprint density at radius 2 is 2.14 bits per heavy atom. The number of hydrogen-bond donors (Lipinski definition) is 1. The highest BCUT2D eigenvalue weighted by molar-refractivity contribution is 5.95. The van der Waals surface area contributed by atoms with Crippen LogP contribution >= 0.6 is 0 Å². The lowest BCUT2D eigenvalue weighted by Gasteiger charge is -2.32. The number of carboxylic acids is 1. The summed E-state index contributed by atoms with van der Waals surface area (Å²) in [7, 11) is 0. The summed E-state index contributed by atoms with van der Waals surface area (Å²) in [5.41, 5.74) is 1.98. The van der Waals surface area contributed by atoms with Gasteiger partial charge in [-0.3, -0.25) is 4.79 Å². The number of imidazole rings is 1. The van der Waals surface area contributed by atoms with E-state index in [0.717, 1.165) is 18.5 Å². The van der Waals surface area contributed by atoms with Gasteiger partial charge in [0.25, 0.3) is 5.91 Å². The molecule has 1 fully saturated rings. The zero-order valence-corrected chi connectivity index (χ0v) is 11.8. The maximum absolute atomic E-state index is 12.6. The van der Waals surface area contributed by atoms with E-state index < -0.39 is 12.0 Å². The molecule has 0 unspecified atom stereocenters. The number of carboxylic acid groups (broad SMARTS) is 1. The molecule has 1 aliphatic rings. The van der Waals surface area contributed by atoms with Crippen LogP contribution in [0.3, 0.4) is 0 Å². The van der Waals surface area contributed by atoms with E-state index in [9.17, 15) is 14.7 Å². The zero-order valence-electron chi connectivity index (χ0n) is 11.8. The maximum atomic E-state index is 12.6. The molecule has 0 bridgehead atoms. The van der Waals surface area contributed by atoms with Gasteiger partial charge in [0.1, 0.15) is 17.4 Å². The topological polar surface area (TPSA) is 74.9 Å². The number of piperidine rings is 1. The predicted octanol–water partition coefficient (Wildman–Crippen LogP) is 1.72. The maximum Gasteiger partial charge on any atom is 0.326 e. The Hall–Kier alpha value is -2.37. The molecule has 0 aliphatic carbocycles. The van der Waals surface area contributed by atoms with Gasteiger partial charge in [0, 0.05) is 18.4 Å². The highest BCUT2D eigenvalue weighted by atomic mass is 16.4. The molecule has 0 saturated carbocycles.